The van der Waals surface area contributed by atoms with Crippen molar-refractivity contribution >= 4 is 11.6 Å². The zero-order valence-corrected chi connectivity index (χ0v) is 10.2. The summed E-state index contributed by atoms with van der Waals surface area (Å²) in [4.78, 5) is 8.09. The van der Waals surface area contributed by atoms with Crippen molar-refractivity contribution in [2.75, 3.05) is 0 Å². The quantitative estimate of drug-likeness (QED) is 0.908. The smallest absolute Gasteiger partial charge is 0.109 e. The van der Waals surface area contributed by atoms with Gasteiger partial charge in [-0.15, -0.1) is 0 Å². The van der Waals surface area contributed by atoms with Crippen LogP contribution < -0.4 is 0 Å². The predicted octanol–water partition coefficient (Wildman–Crippen LogP) is 2.58. The molecule has 88 valence electrons. The van der Waals surface area contributed by atoms with Crippen LogP contribution in [0.25, 0.3) is 0 Å². The Morgan fingerprint density at radius 2 is 1.94 bits per heavy atom. The van der Waals surface area contributed by atoms with Crippen molar-refractivity contribution < 1.29 is 5.11 Å². The van der Waals surface area contributed by atoms with Crippen LogP contribution in [0, 0.1) is 0 Å². The fraction of sp³-hybridized carbons (Fsp3) is 0.231. The zero-order chi connectivity index (χ0) is 12.3. The van der Waals surface area contributed by atoms with Crippen LogP contribution >= 0.6 is 11.6 Å². The van der Waals surface area contributed by atoms with Gasteiger partial charge in [0.1, 0.15) is 5.60 Å². The first-order valence-electron chi connectivity index (χ1n) is 5.31. The molecular weight excluding hydrogens is 236 g/mol. The average Bonchev–Trinajstić information content (AvgIpc) is 2.33. The molecule has 3 nitrogen and oxygen atoms in total. The monoisotopic (exact) mass is 248 g/mol. The van der Waals surface area contributed by atoms with Crippen LogP contribution in [0.3, 0.4) is 0 Å². The lowest BCUT2D eigenvalue weighted by Gasteiger charge is -2.22. The molecule has 17 heavy (non-hydrogen) atoms. The molecule has 0 aliphatic heterocycles. The van der Waals surface area contributed by atoms with E-state index in [0.717, 1.165) is 5.56 Å². The Kier molecular flexibility index (Phi) is 3.41. The highest BCUT2D eigenvalue weighted by Crippen LogP contribution is 2.23. The van der Waals surface area contributed by atoms with Crippen LogP contribution in [-0.2, 0) is 12.0 Å². The molecular formula is C13H13ClN2O. The molecule has 1 aromatic carbocycles. The molecule has 1 unspecified atom stereocenters. The summed E-state index contributed by atoms with van der Waals surface area (Å²) >= 11 is 5.82. The summed E-state index contributed by atoms with van der Waals surface area (Å²) in [6.45, 7) is 1.73. The fourth-order valence-electron chi connectivity index (χ4n) is 1.67. The first-order chi connectivity index (χ1) is 8.08. The lowest BCUT2D eigenvalue weighted by Crippen LogP contribution is -2.25. The van der Waals surface area contributed by atoms with Gasteiger partial charge in [0.15, 0.2) is 0 Å². The van der Waals surface area contributed by atoms with Crippen molar-refractivity contribution in [3.63, 3.8) is 0 Å². The summed E-state index contributed by atoms with van der Waals surface area (Å²) in [6, 6.07) is 7.41. The molecule has 0 amide bonds. The van der Waals surface area contributed by atoms with Gasteiger partial charge in [-0.25, -0.2) is 0 Å². The first kappa shape index (κ1) is 12.0. The van der Waals surface area contributed by atoms with Crippen molar-refractivity contribution in [1.29, 1.82) is 0 Å². The molecule has 1 aromatic heterocycles. The number of aliphatic hydroxyl groups is 1. The van der Waals surface area contributed by atoms with Gasteiger partial charge in [-0.2, -0.15) is 0 Å². The summed E-state index contributed by atoms with van der Waals surface area (Å²) < 4.78 is 0. The van der Waals surface area contributed by atoms with Gasteiger partial charge in [0.05, 0.1) is 11.9 Å². The van der Waals surface area contributed by atoms with Gasteiger partial charge in [-0.3, -0.25) is 9.97 Å². The van der Waals surface area contributed by atoms with Crippen molar-refractivity contribution in [3.8, 4) is 0 Å². The number of halogens is 1. The normalized spacial score (nSPS) is 14.3. The van der Waals surface area contributed by atoms with Crippen molar-refractivity contribution in [2.45, 2.75) is 18.9 Å². The summed E-state index contributed by atoms with van der Waals surface area (Å²) in [5.74, 6) is 0. The fourth-order valence-corrected chi connectivity index (χ4v) is 1.79. The van der Waals surface area contributed by atoms with Gasteiger partial charge < -0.3 is 5.11 Å². The standard InChI is InChI=1S/C13H13ClN2O/c1-13(17,12-9-15-6-7-16-12)8-10-2-4-11(14)5-3-10/h2-7,9,17H,8H2,1H3. The van der Waals surface area contributed by atoms with Crippen molar-refractivity contribution in [1.82, 2.24) is 9.97 Å². The lowest BCUT2D eigenvalue weighted by molar-refractivity contribution is 0.0526. The van der Waals surface area contributed by atoms with Crippen LogP contribution in [-0.4, -0.2) is 15.1 Å². The second-order valence-electron chi connectivity index (χ2n) is 4.17. The van der Waals surface area contributed by atoms with E-state index in [2.05, 4.69) is 9.97 Å². The number of hydrogen-bond donors (Lipinski definition) is 1. The molecule has 0 bridgehead atoms. The van der Waals surface area contributed by atoms with E-state index in [1.807, 2.05) is 24.3 Å². The van der Waals surface area contributed by atoms with Crippen molar-refractivity contribution in [2.24, 2.45) is 0 Å². The van der Waals surface area contributed by atoms with Crippen LogP contribution in [0.15, 0.2) is 42.9 Å². The van der Waals surface area contributed by atoms with Crippen LogP contribution in [0.5, 0.6) is 0 Å². The predicted molar refractivity (Wildman–Crippen MR) is 66.8 cm³/mol. The topological polar surface area (TPSA) is 46.0 Å². The largest absolute Gasteiger partial charge is 0.383 e. The molecule has 1 atom stereocenters. The first-order valence-corrected chi connectivity index (χ1v) is 5.69. The number of nitrogens with zero attached hydrogens (tertiary/aromatic N) is 2. The van der Waals surface area contributed by atoms with Gasteiger partial charge in [0, 0.05) is 23.8 Å². The molecule has 1 N–H and O–H groups in total. The van der Waals surface area contributed by atoms with Crippen LogP contribution in [0.4, 0.5) is 0 Å². The number of hydrogen-bond acceptors (Lipinski definition) is 3. The molecule has 4 heteroatoms. The van der Waals surface area contributed by atoms with E-state index in [9.17, 15) is 5.11 Å². The molecule has 2 aromatic rings. The third kappa shape index (κ3) is 3.02. The maximum Gasteiger partial charge on any atom is 0.109 e. The number of benzene rings is 1. The molecule has 0 spiro atoms. The van der Waals surface area contributed by atoms with Crippen molar-refractivity contribution in [3.05, 3.63) is 59.1 Å². The Balaban J connectivity index is 2.20. The van der Waals surface area contributed by atoms with Gasteiger partial charge in [0.2, 0.25) is 0 Å². The summed E-state index contributed by atoms with van der Waals surface area (Å²) in [5, 5.41) is 11.1. The van der Waals surface area contributed by atoms with Crippen LogP contribution in [0.2, 0.25) is 5.02 Å². The molecule has 0 radical (unpaired) electrons. The SMILES string of the molecule is CC(O)(Cc1ccc(Cl)cc1)c1cnccn1. The Labute approximate surface area is 105 Å². The molecule has 0 aliphatic rings. The Morgan fingerprint density at radius 1 is 1.24 bits per heavy atom. The van der Waals surface area contributed by atoms with E-state index in [0.29, 0.717) is 17.1 Å². The van der Waals surface area contributed by atoms with E-state index < -0.39 is 5.60 Å². The second kappa shape index (κ2) is 4.82. The molecule has 1 heterocycles. The van der Waals surface area contributed by atoms with E-state index in [1.165, 1.54) is 0 Å². The minimum Gasteiger partial charge on any atom is -0.383 e. The molecule has 0 saturated heterocycles. The van der Waals surface area contributed by atoms with E-state index in [4.69, 9.17) is 11.6 Å². The minimum absolute atomic E-state index is 0.475. The molecule has 0 aliphatic carbocycles. The van der Waals surface area contributed by atoms with Gasteiger partial charge in [-0.05, 0) is 24.6 Å². The third-order valence-corrected chi connectivity index (χ3v) is 2.83. The Bertz CT molecular complexity index is 483. The van der Waals surface area contributed by atoms with Gasteiger partial charge in [0.25, 0.3) is 0 Å². The minimum atomic E-state index is -1.03. The highest BCUT2D eigenvalue weighted by molar-refractivity contribution is 6.30. The maximum absolute atomic E-state index is 10.4. The van der Waals surface area contributed by atoms with Gasteiger partial charge in [-0.1, -0.05) is 23.7 Å². The Morgan fingerprint density at radius 3 is 2.53 bits per heavy atom. The zero-order valence-electron chi connectivity index (χ0n) is 9.47. The molecule has 2 rings (SSSR count). The summed E-state index contributed by atoms with van der Waals surface area (Å²) in [7, 11) is 0. The maximum atomic E-state index is 10.4. The van der Waals surface area contributed by atoms with Gasteiger partial charge >= 0.3 is 0 Å². The molecule has 0 saturated carbocycles. The van der Waals surface area contributed by atoms with Crippen LogP contribution in [0.1, 0.15) is 18.2 Å². The van der Waals surface area contributed by atoms with E-state index in [1.54, 1.807) is 25.5 Å². The molecule has 0 fully saturated rings. The Hall–Kier alpha value is -1.45. The highest BCUT2D eigenvalue weighted by Gasteiger charge is 2.25. The van der Waals surface area contributed by atoms with E-state index >= 15 is 0 Å². The number of aromatic nitrogens is 2. The summed E-state index contributed by atoms with van der Waals surface area (Å²) in [5.41, 5.74) is 0.544. The lowest BCUT2D eigenvalue weighted by atomic mass is 9.93. The number of rotatable bonds is 3. The average molecular weight is 249 g/mol. The highest BCUT2D eigenvalue weighted by atomic mass is 35.5. The second-order valence-corrected chi connectivity index (χ2v) is 4.60. The summed E-state index contributed by atoms with van der Waals surface area (Å²) in [6.07, 6.45) is 5.21. The van der Waals surface area contributed by atoms with E-state index in [-0.39, 0.29) is 0 Å². The third-order valence-electron chi connectivity index (χ3n) is 2.58.